The molecule has 0 aromatic carbocycles. The molecule has 4 unspecified atom stereocenters. The van der Waals surface area contributed by atoms with Crippen LogP contribution < -0.4 is 5.73 Å². The Bertz CT molecular complexity index is 229. The highest BCUT2D eigenvalue weighted by Crippen LogP contribution is 2.30. The van der Waals surface area contributed by atoms with Gasteiger partial charge >= 0.3 is 0 Å². The molecular formula is C11H21NO2S. The molecule has 1 aliphatic carbocycles. The second-order valence-corrected chi connectivity index (χ2v) is 6.35. The van der Waals surface area contributed by atoms with Gasteiger partial charge in [0.15, 0.2) is 0 Å². The highest BCUT2D eigenvalue weighted by molar-refractivity contribution is 7.85. The van der Waals surface area contributed by atoms with Crippen molar-refractivity contribution < 1.29 is 8.95 Å². The van der Waals surface area contributed by atoms with Gasteiger partial charge in [-0.1, -0.05) is 6.42 Å². The molecule has 0 bridgehead atoms. The predicted octanol–water partition coefficient (Wildman–Crippen LogP) is 1.04. The molecule has 4 atom stereocenters. The van der Waals surface area contributed by atoms with Crippen molar-refractivity contribution in [3.05, 3.63) is 0 Å². The van der Waals surface area contributed by atoms with E-state index >= 15 is 0 Å². The summed E-state index contributed by atoms with van der Waals surface area (Å²) in [4.78, 5) is 0. The SMILES string of the molecule is NCC1CCCC1S(=O)CC1CCCO1. The molecule has 2 fully saturated rings. The topological polar surface area (TPSA) is 52.3 Å². The van der Waals surface area contributed by atoms with Crippen molar-refractivity contribution >= 4 is 10.8 Å². The summed E-state index contributed by atoms with van der Waals surface area (Å²) in [5, 5.41) is 0.346. The lowest BCUT2D eigenvalue weighted by molar-refractivity contribution is 0.128. The first kappa shape index (κ1) is 11.6. The maximum atomic E-state index is 12.1. The molecular weight excluding hydrogens is 210 g/mol. The fourth-order valence-electron chi connectivity index (χ4n) is 2.70. The first-order chi connectivity index (χ1) is 7.31. The highest BCUT2D eigenvalue weighted by Gasteiger charge is 2.32. The van der Waals surface area contributed by atoms with E-state index < -0.39 is 10.8 Å². The van der Waals surface area contributed by atoms with Crippen LogP contribution in [0.2, 0.25) is 0 Å². The van der Waals surface area contributed by atoms with Crippen LogP contribution in [0, 0.1) is 5.92 Å². The van der Waals surface area contributed by atoms with Gasteiger partial charge in [-0.15, -0.1) is 0 Å². The molecule has 1 saturated heterocycles. The third-order valence-corrected chi connectivity index (χ3v) is 5.60. The van der Waals surface area contributed by atoms with Crippen molar-refractivity contribution in [1.82, 2.24) is 0 Å². The van der Waals surface area contributed by atoms with E-state index in [0.717, 1.165) is 31.6 Å². The Morgan fingerprint density at radius 2 is 2.13 bits per heavy atom. The molecule has 1 saturated carbocycles. The summed E-state index contributed by atoms with van der Waals surface area (Å²) in [5.41, 5.74) is 5.70. The number of rotatable bonds is 4. The normalized spacial score (nSPS) is 38.3. The molecule has 2 aliphatic rings. The van der Waals surface area contributed by atoms with Crippen molar-refractivity contribution in [3.63, 3.8) is 0 Å². The zero-order valence-electron chi connectivity index (χ0n) is 9.19. The zero-order valence-corrected chi connectivity index (χ0v) is 10.0. The van der Waals surface area contributed by atoms with Gasteiger partial charge in [-0.3, -0.25) is 4.21 Å². The summed E-state index contributed by atoms with van der Waals surface area (Å²) < 4.78 is 17.7. The third-order valence-electron chi connectivity index (χ3n) is 3.60. The van der Waals surface area contributed by atoms with Crippen molar-refractivity contribution in [2.24, 2.45) is 11.7 Å². The van der Waals surface area contributed by atoms with Crippen molar-refractivity contribution in [2.45, 2.75) is 43.5 Å². The Hall–Kier alpha value is 0.0700. The number of nitrogens with two attached hydrogens (primary N) is 1. The van der Waals surface area contributed by atoms with Crippen molar-refractivity contribution in [1.29, 1.82) is 0 Å². The summed E-state index contributed by atoms with van der Waals surface area (Å²) >= 11 is 0. The second-order valence-electron chi connectivity index (χ2n) is 4.65. The Labute approximate surface area is 94.2 Å². The first-order valence-corrected chi connectivity index (χ1v) is 7.38. The van der Waals surface area contributed by atoms with Gasteiger partial charge in [0.25, 0.3) is 0 Å². The van der Waals surface area contributed by atoms with Gasteiger partial charge in [0.2, 0.25) is 0 Å². The van der Waals surface area contributed by atoms with E-state index in [1.54, 1.807) is 0 Å². The highest BCUT2D eigenvalue weighted by atomic mass is 32.2. The minimum atomic E-state index is -0.720. The van der Waals surface area contributed by atoms with E-state index in [9.17, 15) is 4.21 Å². The van der Waals surface area contributed by atoms with Gasteiger partial charge in [0, 0.05) is 22.7 Å². The third kappa shape index (κ3) is 2.80. The van der Waals surface area contributed by atoms with Crippen LogP contribution in [0.25, 0.3) is 0 Å². The van der Waals surface area contributed by atoms with Gasteiger partial charge in [-0.2, -0.15) is 0 Å². The molecule has 0 aromatic heterocycles. The van der Waals surface area contributed by atoms with E-state index in [1.165, 1.54) is 12.8 Å². The Morgan fingerprint density at radius 1 is 1.27 bits per heavy atom. The minimum Gasteiger partial charge on any atom is -0.377 e. The number of hydrogen-bond acceptors (Lipinski definition) is 3. The van der Waals surface area contributed by atoms with Crippen LogP contribution >= 0.6 is 0 Å². The van der Waals surface area contributed by atoms with Gasteiger partial charge in [0.1, 0.15) is 0 Å². The van der Waals surface area contributed by atoms with Crippen molar-refractivity contribution in [2.75, 3.05) is 18.9 Å². The van der Waals surface area contributed by atoms with Crippen molar-refractivity contribution in [3.8, 4) is 0 Å². The molecule has 0 amide bonds. The van der Waals surface area contributed by atoms with Gasteiger partial charge in [-0.05, 0) is 38.1 Å². The molecule has 2 rings (SSSR count). The quantitative estimate of drug-likeness (QED) is 0.786. The summed E-state index contributed by atoms with van der Waals surface area (Å²) in [5.74, 6) is 1.23. The Balaban J connectivity index is 1.83. The molecule has 88 valence electrons. The molecule has 2 N–H and O–H groups in total. The summed E-state index contributed by atoms with van der Waals surface area (Å²) in [6, 6.07) is 0. The Morgan fingerprint density at radius 3 is 2.80 bits per heavy atom. The monoisotopic (exact) mass is 231 g/mol. The van der Waals surface area contributed by atoms with Gasteiger partial charge < -0.3 is 10.5 Å². The van der Waals surface area contributed by atoms with Crippen LogP contribution in [0.3, 0.4) is 0 Å². The number of hydrogen-bond donors (Lipinski definition) is 1. The summed E-state index contributed by atoms with van der Waals surface area (Å²) in [6.45, 7) is 1.55. The molecule has 4 heteroatoms. The maximum Gasteiger partial charge on any atom is 0.0691 e. The van der Waals surface area contributed by atoms with E-state index in [2.05, 4.69) is 0 Å². The smallest absolute Gasteiger partial charge is 0.0691 e. The fraction of sp³-hybridized carbons (Fsp3) is 1.00. The molecule has 0 aromatic rings. The fourth-order valence-corrected chi connectivity index (χ4v) is 4.68. The number of ether oxygens (including phenoxy) is 1. The predicted molar refractivity (Wildman–Crippen MR) is 62.2 cm³/mol. The van der Waals surface area contributed by atoms with E-state index in [-0.39, 0.29) is 6.10 Å². The summed E-state index contributed by atoms with van der Waals surface area (Å²) in [7, 11) is -0.720. The average Bonchev–Trinajstić information content (AvgIpc) is 2.86. The average molecular weight is 231 g/mol. The summed E-state index contributed by atoms with van der Waals surface area (Å²) in [6.07, 6.45) is 5.94. The standard InChI is InChI=1S/C11H21NO2S/c12-7-9-3-1-5-11(9)15(13)8-10-4-2-6-14-10/h9-11H,1-8,12H2. The van der Waals surface area contributed by atoms with Crippen LogP contribution in [0.1, 0.15) is 32.1 Å². The molecule has 1 heterocycles. The van der Waals surface area contributed by atoms with E-state index in [0.29, 0.717) is 17.7 Å². The molecule has 0 radical (unpaired) electrons. The molecule has 3 nitrogen and oxygen atoms in total. The second kappa shape index (κ2) is 5.41. The van der Waals surface area contributed by atoms with Gasteiger partial charge in [0.05, 0.1) is 11.9 Å². The maximum absolute atomic E-state index is 12.1. The van der Waals surface area contributed by atoms with Gasteiger partial charge in [-0.25, -0.2) is 0 Å². The van der Waals surface area contributed by atoms with Crippen LogP contribution in [-0.2, 0) is 15.5 Å². The minimum absolute atomic E-state index is 0.254. The van der Waals surface area contributed by atoms with Crippen LogP contribution in [0.4, 0.5) is 0 Å². The molecule has 15 heavy (non-hydrogen) atoms. The van der Waals surface area contributed by atoms with E-state index in [4.69, 9.17) is 10.5 Å². The lowest BCUT2D eigenvalue weighted by Crippen LogP contribution is -2.31. The van der Waals surface area contributed by atoms with E-state index in [1.807, 2.05) is 0 Å². The molecule has 0 spiro atoms. The van der Waals surface area contributed by atoms with Crippen LogP contribution in [0.15, 0.2) is 0 Å². The lowest BCUT2D eigenvalue weighted by Gasteiger charge is -2.19. The lowest BCUT2D eigenvalue weighted by atomic mass is 10.1. The van der Waals surface area contributed by atoms with Crippen LogP contribution in [-0.4, -0.2) is 34.5 Å². The zero-order chi connectivity index (χ0) is 10.7. The van der Waals surface area contributed by atoms with Crippen LogP contribution in [0.5, 0.6) is 0 Å². The Kier molecular flexibility index (Phi) is 4.17. The largest absolute Gasteiger partial charge is 0.377 e. The molecule has 1 aliphatic heterocycles. The first-order valence-electron chi connectivity index (χ1n) is 6.00.